The predicted octanol–water partition coefficient (Wildman–Crippen LogP) is 3.02. The number of benzene rings is 1. The molecule has 0 saturated carbocycles. The molecule has 0 amide bonds. The first-order chi connectivity index (χ1) is 9.08. The van der Waals surface area contributed by atoms with E-state index in [4.69, 9.17) is 11.6 Å². The number of rotatable bonds is 5. The van der Waals surface area contributed by atoms with Crippen LogP contribution in [0.3, 0.4) is 0 Å². The van der Waals surface area contributed by atoms with Gasteiger partial charge in [0.05, 0.1) is 5.02 Å². The summed E-state index contributed by atoms with van der Waals surface area (Å²) in [6.07, 6.45) is 0. The number of nitrogens with one attached hydrogen (secondary N) is 1. The minimum Gasteiger partial charge on any atom is -0.506 e. The molecule has 1 aromatic carbocycles. The maximum atomic E-state index is 11.3. The van der Waals surface area contributed by atoms with Gasteiger partial charge in [-0.15, -0.1) is 11.3 Å². The summed E-state index contributed by atoms with van der Waals surface area (Å²) in [6, 6.07) is 7.37. The van der Waals surface area contributed by atoms with Crippen LogP contribution in [0.5, 0.6) is 5.75 Å². The van der Waals surface area contributed by atoms with Crippen molar-refractivity contribution in [1.82, 2.24) is 5.32 Å². The second-order valence-electron chi connectivity index (χ2n) is 3.94. The third-order valence-electron chi connectivity index (χ3n) is 2.61. The molecule has 0 bridgehead atoms. The number of phenolic OH excluding ortho intramolecular Hbond substituents is 1. The second kappa shape index (κ2) is 6.06. The summed E-state index contributed by atoms with van der Waals surface area (Å²) in [5.74, 6) is -1.05. The van der Waals surface area contributed by atoms with E-state index in [-0.39, 0.29) is 10.8 Å². The molecule has 0 fully saturated rings. The van der Waals surface area contributed by atoms with Crippen LogP contribution in [-0.2, 0) is 11.3 Å². The number of hydrogen-bond acceptors (Lipinski definition) is 4. The van der Waals surface area contributed by atoms with Gasteiger partial charge in [0.2, 0.25) is 0 Å². The van der Waals surface area contributed by atoms with Gasteiger partial charge in [0.1, 0.15) is 11.8 Å². The lowest BCUT2D eigenvalue weighted by molar-refractivity contribution is -0.139. The van der Waals surface area contributed by atoms with Gasteiger partial charge in [0.15, 0.2) is 0 Å². The van der Waals surface area contributed by atoms with E-state index < -0.39 is 12.0 Å². The highest BCUT2D eigenvalue weighted by Gasteiger charge is 2.20. The minimum absolute atomic E-state index is 0.0622. The molecule has 6 heteroatoms. The van der Waals surface area contributed by atoms with E-state index in [0.717, 1.165) is 4.88 Å². The van der Waals surface area contributed by atoms with E-state index >= 15 is 0 Å². The van der Waals surface area contributed by atoms with Crippen molar-refractivity contribution in [2.24, 2.45) is 0 Å². The molecule has 2 rings (SSSR count). The molecule has 1 aromatic heterocycles. The molecule has 1 atom stereocenters. The summed E-state index contributed by atoms with van der Waals surface area (Å²) in [4.78, 5) is 12.3. The monoisotopic (exact) mass is 297 g/mol. The van der Waals surface area contributed by atoms with Crippen molar-refractivity contribution >= 4 is 28.9 Å². The maximum Gasteiger partial charge on any atom is 0.325 e. The Balaban J connectivity index is 2.15. The third-order valence-corrected chi connectivity index (χ3v) is 3.79. The second-order valence-corrected chi connectivity index (χ2v) is 5.38. The van der Waals surface area contributed by atoms with Gasteiger partial charge < -0.3 is 10.2 Å². The van der Waals surface area contributed by atoms with Crippen molar-refractivity contribution in [3.8, 4) is 5.75 Å². The van der Waals surface area contributed by atoms with Crippen LogP contribution in [0, 0.1) is 0 Å². The van der Waals surface area contributed by atoms with E-state index in [1.54, 1.807) is 17.4 Å². The van der Waals surface area contributed by atoms with E-state index in [0.29, 0.717) is 12.1 Å². The molecule has 2 aromatic rings. The van der Waals surface area contributed by atoms with Crippen LogP contribution in [-0.4, -0.2) is 16.2 Å². The maximum absolute atomic E-state index is 11.3. The molecule has 3 N–H and O–H groups in total. The van der Waals surface area contributed by atoms with Crippen LogP contribution in [0.1, 0.15) is 16.5 Å². The van der Waals surface area contributed by atoms with Crippen LogP contribution in [0.15, 0.2) is 35.7 Å². The highest BCUT2D eigenvalue weighted by atomic mass is 35.5. The Morgan fingerprint density at radius 1 is 1.42 bits per heavy atom. The molecule has 0 aliphatic rings. The number of carbonyl (C=O) groups is 1. The first-order valence-corrected chi connectivity index (χ1v) is 6.80. The highest BCUT2D eigenvalue weighted by molar-refractivity contribution is 7.09. The lowest BCUT2D eigenvalue weighted by Gasteiger charge is -2.15. The summed E-state index contributed by atoms with van der Waals surface area (Å²) < 4.78 is 0. The Hall–Kier alpha value is -1.56. The normalized spacial score (nSPS) is 12.3. The van der Waals surface area contributed by atoms with Crippen LogP contribution < -0.4 is 5.32 Å². The number of halogens is 1. The molecule has 1 heterocycles. The molecular weight excluding hydrogens is 286 g/mol. The Bertz CT molecular complexity index is 571. The fourth-order valence-electron chi connectivity index (χ4n) is 1.67. The molecule has 4 nitrogen and oxygen atoms in total. The number of carboxylic acid groups (broad SMARTS) is 1. The number of aliphatic carboxylic acids is 1. The third kappa shape index (κ3) is 3.47. The molecule has 0 saturated heterocycles. The zero-order valence-corrected chi connectivity index (χ0v) is 11.4. The van der Waals surface area contributed by atoms with Gasteiger partial charge >= 0.3 is 5.97 Å². The van der Waals surface area contributed by atoms with Gasteiger partial charge in [-0.25, -0.2) is 0 Å². The lowest BCUT2D eigenvalue weighted by atomic mass is 10.1. The molecule has 100 valence electrons. The molecule has 1 unspecified atom stereocenters. The van der Waals surface area contributed by atoms with Gasteiger partial charge in [-0.1, -0.05) is 23.7 Å². The number of hydrogen-bond donors (Lipinski definition) is 3. The summed E-state index contributed by atoms with van der Waals surface area (Å²) in [5.41, 5.74) is 0.506. The molecule has 19 heavy (non-hydrogen) atoms. The van der Waals surface area contributed by atoms with Gasteiger partial charge in [-0.3, -0.25) is 10.1 Å². The smallest absolute Gasteiger partial charge is 0.325 e. The topological polar surface area (TPSA) is 69.6 Å². The Kier molecular flexibility index (Phi) is 4.42. The number of aromatic hydroxyl groups is 1. The number of carboxylic acids is 1. The van der Waals surface area contributed by atoms with Gasteiger partial charge in [-0.2, -0.15) is 0 Å². The van der Waals surface area contributed by atoms with E-state index in [1.165, 1.54) is 12.1 Å². The Labute approximate surface area is 119 Å². The van der Waals surface area contributed by atoms with Crippen molar-refractivity contribution in [2.75, 3.05) is 0 Å². The van der Waals surface area contributed by atoms with Crippen LogP contribution in [0.2, 0.25) is 5.02 Å². The fourth-order valence-corrected chi connectivity index (χ4v) is 2.51. The van der Waals surface area contributed by atoms with Crippen molar-refractivity contribution < 1.29 is 15.0 Å². The fraction of sp³-hybridized carbons (Fsp3) is 0.154. The summed E-state index contributed by atoms with van der Waals surface area (Å²) in [6.45, 7) is 0.465. The van der Waals surface area contributed by atoms with Crippen molar-refractivity contribution in [3.63, 3.8) is 0 Å². The highest BCUT2D eigenvalue weighted by Crippen LogP contribution is 2.27. The molecule has 0 aliphatic carbocycles. The summed E-state index contributed by atoms with van der Waals surface area (Å²) in [7, 11) is 0. The van der Waals surface area contributed by atoms with E-state index in [1.807, 2.05) is 17.5 Å². The van der Waals surface area contributed by atoms with Crippen LogP contribution in [0.4, 0.5) is 0 Å². The zero-order valence-electron chi connectivity index (χ0n) is 9.84. The SMILES string of the molecule is O=C(O)C(NCc1cccs1)c1ccc(O)c(Cl)c1. The van der Waals surface area contributed by atoms with Gasteiger partial charge in [-0.05, 0) is 29.1 Å². The molecule has 0 aliphatic heterocycles. The van der Waals surface area contributed by atoms with E-state index in [2.05, 4.69) is 5.32 Å². The summed E-state index contributed by atoms with van der Waals surface area (Å²) >= 11 is 7.35. The standard InChI is InChI=1S/C13H12ClNO3S/c14-10-6-8(3-4-11(10)16)12(13(17)18)15-7-9-2-1-5-19-9/h1-6,12,15-16H,7H2,(H,17,18). The quantitative estimate of drug-likeness (QED) is 0.793. The number of thiophene rings is 1. The largest absolute Gasteiger partial charge is 0.506 e. The number of phenols is 1. The average molecular weight is 298 g/mol. The average Bonchev–Trinajstić information content (AvgIpc) is 2.86. The first kappa shape index (κ1) is 13.9. The van der Waals surface area contributed by atoms with Crippen LogP contribution in [0.25, 0.3) is 0 Å². The van der Waals surface area contributed by atoms with Gasteiger partial charge in [0.25, 0.3) is 0 Å². The van der Waals surface area contributed by atoms with E-state index in [9.17, 15) is 15.0 Å². The van der Waals surface area contributed by atoms with Gasteiger partial charge in [0, 0.05) is 11.4 Å². The lowest BCUT2D eigenvalue weighted by Crippen LogP contribution is -2.27. The Morgan fingerprint density at radius 2 is 2.21 bits per heavy atom. The minimum atomic E-state index is -0.988. The van der Waals surface area contributed by atoms with Crippen molar-refractivity contribution in [2.45, 2.75) is 12.6 Å². The van der Waals surface area contributed by atoms with Crippen molar-refractivity contribution in [3.05, 3.63) is 51.2 Å². The summed E-state index contributed by atoms with van der Waals surface area (Å²) in [5, 5.41) is 23.6. The van der Waals surface area contributed by atoms with Crippen molar-refractivity contribution in [1.29, 1.82) is 0 Å². The molecular formula is C13H12ClNO3S. The first-order valence-electron chi connectivity index (χ1n) is 5.55. The van der Waals surface area contributed by atoms with Crippen LogP contribution >= 0.6 is 22.9 Å². The molecule has 0 radical (unpaired) electrons. The zero-order chi connectivity index (χ0) is 13.8. The Morgan fingerprint density at radius 3 is 2.79 bits per heavy atom. The molecule has 0 spiro atoms. The predicted molar refractivity (Wildman–Crippen MR) is 74.7 cm³/mol.